The van der Waals surface area contributed by atoms with E-state index in [2.05, 4.69) is 0 Å². The van der Waals surface area contributed by atoms with Gasteiger partial charge in [0.15, 0.2) is 0 Å². The molecule has 3 aromatic rings. The van der Waals surface area contributed by atoms with Crippen molar-refractivity contribution in [2.24, 2.45) is 0 Å². The quantitative estimate of drug-likeness (QED) is 0.349. The fourth-order valence-corrected chi connectivity index (χ4v) is 5.46. The molecule has 2 aliphatic heterocycles. The molecule has 0 bridgehead atoms. The molecule has 0 spiro atoms. The van der Waals surface area contributed by atoms with Gasteiger partial charge in [0, 0.05) is 0 Å². The van der Waals surface area contributed by atoms with E-state index in [0.29, 0.717) is 19.8 Å². The van der Waals surface area contributed by atoms with Crippen LogP contribution < -0.4 is 0 Å². The molecule has 5 rings (SSSR count). The summed E-state index contributed by atoms with van der Waals surface area (Å²) in [7, 11) is 0. The van der Waals surface area contributed by atoms with E-state index < -0.39 is 24.4 Å². The van der Waals surface area contributed by atoms with Crippen molar-refractivity contribution in [1.82, 2.24) is 4.90 Å². The third-order valence-corrected chi connectivity index (χ3v) is 7.47. The molecule has 4 atom stereocenters. The summed E-state index contributed by atoms with van der Waals surface area (Å²) in [4.78, 5) is 26.7. The van der Waals surface area contributed by atoms with Crippen LogP contribution in [-0.4, -0.2) is 59.4 Å². The summed E-state index contributed by atoms with van der Waals surface area (Å²) in [5.74, 6) is -0.109. The highest BCUT2D eigenvalue weighted by molar-refractivity contribution is 8.14. The second kappa shape index (κ2) is 13.2. The molecule has 0 saturated carbocycles. The second-order valence-corrected chi connectivity index (χ2v) is 10.2. The van der Waals surface area contributed by atoms with Gasteiger partial charge in [-0.3, -0.25) is 14.5 Å². The number of carbonyl (C=O) groups is 2. The van der Waals surface area contributed by atoms with Crippen LogP contribution in [-0.2, 0) is 43.6 Å². The van der Waals surface area contributed by atoms with Crippen LogP contribution in [0.4, 0.5) is 4.79 Å². The number of ether oxygens (including phenoxy) is 4. The van der Waals surface area contributed by atoms with Crippen molar-refractivity contribution in [3.8, 4) is 0 Å². The topological polar surface area (TPSA) is 74.3 Å². The van der Waals surface area contributed by atoms with Crippen LogP contribution in [0.25, 0.3) is 0 Å². The number of nitrogens with zero attached hydrogens (tertiary/aromatic N) is 1. The van der Waals surface area contributed by atoms with Crippen molar-refractivity contribution in [3.05, 3.63) is 108 Å². The maximum Gasteiger partial charge on any atom is 0.289 e. The van der Waals surface area contributed by atoms with Crippen molar-refractivity contribution < 1.29 is 28.5 Å². The van der Waals surface area contributed by atoms with Crippen molar-refractivity contribution in [2.75, 3.05) is 19.0 Å². The van der Waals surface area contributed by atoms with Gasteiger partial charge in [-0.25, -0.2) is 0 Å². The third-order valence-electron chi connectivity index (χ3n) is 6.63. The molecule has 0 aromatic heterocycles. The van der Waals surface area contributed by atoms with Gasteiger partial charge >= 0.3 is 0 Å². The van der Waals surface area contributed by atoms with Crippen LogP contribution in [0.1, 0.15) is 16.7 Å². The normalized spacial score (nSPS) is 23.6. The third kappa shape index (κ3) is 6.70. The van der Waals surface area contributed by atoms with Crippen LogP contribution in [0.5, 0.6) is 0 Å². The standard InChI is InChI=1S/C30H31NO6S/c32-27-21-38-30(33)31(27)25-19-35-26(20-34-16-22-10-4-1-5-11-22)29(37-18-24-14-8-3-9-15-24)28(25)36-17-23-12-6-2-7-13-23/h1-15,25-26,28-29H,16-21H2/t25-,26-,28-,29+/m1/s1. The Morgan fingerprint density at radius 3 is 1.79 bits per heavy atom. The van der Waals surface area contributed by atoms with Crippen LogP contribution in [0.15, 0.2) is 91.0 Å². The predicted octanol–water partition coefficient (Wildman–Crippen LogP) is 4.84. The minimum Gasteiger partial charge on any atom is -0.374 e. The summed E-state index contributed by atoms with van der Waals surface area (Å²) in [6.45, 7) is 1.52. The fraction of sp³-hybridized carbons (Fsp3) is 0.333. The van der Waals surface area contributed by atoms with E-state index in [-0.39, 0.29) is 30.1 Å². The van der Waals surface area contributed by atoms with E-state index >= 15 is 0 Å². The number of hydrogen-bond donors (Lipinski definition) is 0. The monoisotopic (exact) mass is 533 g/mol. The largest absolute Gasteiger partial charge is 0.374 e. The zero-order valence-corrected chi connectivity index (χ0v) is 21.8. The first kappa shape index (κ1) is 26.6. The van der Waals surface area contributed by atoms with Crippen LogP contribution in [0, 0.1) is 0 Å². The number of imide groups is 1. The van der Waals surface area contributed by atoms with Gasteiger partial charge in [0.25, 0.3) is 5.24 Å². The summed E-state index contributed by atoms with van der Waals surface area (Å²) < 4.78 is 25.2. The average molecular weight is 534 g/mol. The summed E-state index contributed by atoms with van der Waals surface area (Å²) >= 11 is 1.01. The Morgan fingerprint density at radius 2 is 1.26 bits per heavy atom. The van der Waals surface area contributed by atoms with E-state index in [1.807, 2.05) is 91.0 Å². The van der Waals surface area contributed by atoms with E-state index in [1.165, 1.54) is 4.90 Å². The Hall–Kier alpha value is -3.01. The van der Waals surface area contributed by atoms with Gasteiger partial charge in [-0.2, -0.15) is 0 Å². The average Bonchev–Trinajstić information content (AvgIpc) is 3.30. The highest BCUT2D eigenvalue weighted by atomic mass is 32.2. The summed E-state index contributed by atoms with van der Waals surface area (Å²) in [5.41, 5.74) is 3.05. The lowest BCUT2D eigenvalue weighted by molar-refractivity contribution is -0.218. The fourth-order valence-electron chi connectivity index (χ4n) is 4.70. The molecule has 7 nitrogen and oxygen atoms in total. The van der Waals surface area contributed by atoms with Gasteiger partial charge in [-0.05, 0) is 16.7 Å². The van der Waals surface area contributed by atoms with Gasteiger partial charge in [-0.15, -0.1) is 0 Å². The molecule has 2 saturated heterocycles. The van der Waals surface area contributed by atoms with Gasteiger partial charge in [0.2, 0.25) is 5.91 Å². The molecule has 0 radical (unpaired) electrons. The molecular weight excluding hydrogens is 502 g/mol. The second-order valence-electron chi connectivity index (χ2n) is 9.28. The molecule has 38 heavy (non-hydrogen) atoms. The molecule has 8 heteroatoms. The van der Waals surface area contributed by atoms with Crippen molar-refractivity contribution in [1.29, 1.82) is 0 Å². The maximum absolute atomic E-state index is 12.7. The summed E-state index contributed by atoms with van der Waals surface area (Å²) in [6.07, 6.45) is -1.61. The Morgan fingerprint density at radius 1 is 0.737 bits per heavy atom. The lowest BCUT2D eigenvalue weighted by Gasteiger charge is -2.44. The predicted molar refractivity (Wildman–Crippen MR) is 144 cm³/mol. The number of hydrogen-bond acceptors (Lipinski definition) is 7. The van der Waals surface area contributed by atoms with Crippen molar-refractivity contribution in [3.63, 3.8) is 0 Å². The summed E-state index contributed by atoms with van der Waals surface area (Å²) in [5, 5.41) is -0.280. The Kier molecular flexibility index (Phi) is 9.22. The molecule has 2 aliphatic rings. The molecule has 2 fully saturated rings. The molecule has 3 aromatic carbocycles. The number of benzene rings is 3. The zero-order valence-electron chi connectivity index (χ0n) is 21.0. The molecular formula is C30H31NO6S. The van der Waals surface area contributed by atoms with Crippen LogP contribution >= 0.6 is 11.8 Å². The SMILES string of the molecule is O=C1CSC(=O)N1[C@@H]1CO[C@H](COCc2ccccc2)[C@H](OCc2ccccc2)[C@@H]1OCc1ccccc1. The highest BCUT2D eigenvalue weighted by Crippen LogP contribution is 2.32. The number of rotatable bonds is 11. The Labute approximate surface area is 227 Å². The summed E-state index contributed by atoms with van der Waals surface area (Å²) in [6, 6.07) is 29.0. The number of carbonyl (C=O) groups excluding carboxylic acids is 2. The maximum atomic E-state index is 12.7. The van der Waals surface area contributed by atoms with Gasteiger partial charge in [-0.1, -0.05) is 103 Å². The van der Waals surface area contributed by atoms with E-state index in [9.17, 15) is 9.59 Å². The molecule has 0 unspecified atom stereocenters. The van der Waals surface area contributed by atoms with Crippen molar-refractivity contribution in [2.45, 2.75) is 44.2 Å². The van der Waals surface area contributed by atoms with E-state index in [0.717, 1.165) is 28.5 Å². The minimum absolute atomic E-state index is 0.125. The van der Waals surface area contributed by atoms with Crippen LogP contribution in [0.2, 0.25) is 0 Å². The smallest absolute Gasteiger partial charge is 0.289 e. The zero-order chi connectivity index (χ0) is 26.2. The first-order valence-corrected chi connectivity index (χ1v) is 13.7. The first-order valence-electron chi connectivity index (χ1n) is 12.7. The molecule has 2 heterocycles. The molecule has 2 amide bonds. The Bertz CT molecular complexity index is 1160. The van der Waals surface area contributed by atoms with Crippen LogP contribution in [0.3, 0.4) is 0 Å². The van der Waals surface area contributed by atoms with Gasteiger partial charge in [0.05, 0.1) is 44.8 Å². The molecule has 198 valence electrons. The van der Waals surface area contributed by atoms with Crippen molar-refractivity contribution >= 4 is 22.9 Å². The van der Waals surface area contributed by atoms with E-state index in [1.54, 1.807) is 0 Å². The molecule has 0 aliphatic carbocycles. The van der Waals surface area contributed by atoms with Gasteiger partial charge in [0.1, 0.15) is 18.3 Å². The first-order chi connectivity index (χ1) is 18.7. The Balaban J connectivity index is 1.37. The number of thioether (sulfide) groups is 1. The molecule has 0 N–H and O–H groups in total. The minimum atomic E-state index is -0.597. The van der Waals surface area contributed by atoms with E-state index in [4.69, 9.17) is 18.9 Å². The lowest BCUT2D eigenvalue weighted by atomic mass is 9.96. The van der Waals surface area contributed by atoms with Gasteiger partial charge < -0.3 is 18.9 Å². The highest BCUT2D eigenvalue weighted by Gasteiger charge is 2.49. The number of amides is 2. The lowest BCUT2D eigenvalue weighted by Crippen LogP contribution is -2.62.